The molecule has 0 fully saturated rings. The molecule has 0 aliphatic heterocycles. The summed E-state index contributed by atoms with van der Waals surface area (Å²) in [4.78, 5) is 20.9. The molecule has 0 atom stereocenters. The van der Waals surface area contributed by atoms with Gasteiger partial charge in [0.15, 0.2) is 10.2 Å². The first kappa shape index (κ1) is 26.3. The van der Waals surface area contributed by atoms with Crippen LogP contribution in [0.4, 0.5) is 0 Å². The minimum Gasteiger partial charge on any atom is -0.288 e. The molecule has 0 saturated carbocycles. The molecule has 0 aliphatic rings. The summed E-state index contributed by atoms with van der Waals surface area (Å²) in [6.45, 7) is 8.30. The zero-order chi connectivity index (χ0) is 18.8. The van der Waals surface area contributed by atoms with Crippen LogP contribution in [0.3, 0.4) is 0 Å². The van der Waals surface area contributed by atoms with Crippen molar-refractivity contribution in [3.8, 4) is 0 Å². The molecule has 0 unspecified atom stereocenters. The number of carbonyl (C=O) groups excluding carboxylic acids is 2. The van der Waals surface area contributed by atoms with E-state index in [0.29, 0.717) is 12.8 Å². The molecule has 0 aromatic rings. The van der Waals surface area contributed by atoms with Crippen LogP contribution < -0.4 is 0 Å². The third kappa shape index (κ3) is 30.0. The molecule has 0 aromatic carbocycles. The van der Waals surface area contributed by atoms with E-state index >= 15 is 0 Å². The lowest BCUT2D eigenvalue weighted by molar-refractivity contribution is -0.112. The Morgan fingerprint density at radius 1 is 0.667 bits per heavy atom. The summed E-state index contributed by atoms with van der Waals surface area (Å²) in [5.41, 5.74) is 0.0961. The van der Waals surface area contributed by atoms with E-state index < -0.39 is 0 Å². The van der Waals surface area contributed by atoms with Crippen molar-refractivity contribution in [3.63, 3.8) is 0 Å². The van der Waals surface area contributed by atoms with Crippen LogP contribution in [0.25, 0.3) is 0 Å². The van der Waals surface area contributed by atoms with E-state index in [2.05, 4.69) is 32.2 Å². The minimum atomic E-state index is -0.0301. The van der Waals surface area contributed by atoms with Crippen LogP contribution in [-0.4, -0.2) is 10.2 Å². The zero-order valence-electron chi connectivity index (χ0n) is 16.4. The van der Waals surface area contributed by atoms with Crippen LogP contribution in [0, 0.1) is 5.41 Å². The van der Waals surface area contributed by atoms with Gasteiger partial charge in [0.25, 0.3) is 0 Å². The first-order valence-electron chi connectivity index (χ1n) is 9.62. The molecule has 0 heterocycles. The Hall–Kier alpha value is 0.0400. The van der Waals surface area contributed by atoms with E-state index in [1.165, 1.54) is 64.2 Å². The molecule has 0 radical (unpaired) electrons. The quantitative estimate of drug-likeness (QED) is 0.267. The fraction of sp³-hybridized carbons (Fsp3) is 0.900. The molecule has 2 nitrogen and oxygen atoms in total. The fourth-order valence-corrected chi connectivity index (χ4v) is 3.03. The van der Waals surface area contributed by atoms with E-state index in [4.69, 9.17) is 0 Å². The highest BCUT2D eigenvalue weighted by Crippen LogP contribution is 2.19. The molecule has 0 saturated heterocycles. The smallest absolute Gasteiger partial charge is 0.186 e. The van der Waals surface area contributed by atoms with Crippen molar-refractivity contribution in [2.75, 3.05) is 0 Å². The predicted molar refractivity (Wildman–Crippen MR) is 113 cm³/mol. The molecule has 0 bridgehead atoms. The maximum absolute atomic E-state index is 10.6. The summed E-state index contributed by atoms with van der Waals surface area (Å²) >= 11 is 7.41. The van der Waals surface area contributed by atoms with Gasteiger partial charge in [0.05, 0.1) is 0 Å². The SMILES string of the molecule is CC(C)(C)CC(=O)S.CCCCCCCCCCCCCC(=O)S. The lowest BCUT2D eigenvalue weighted by atomic mass is 9.93. The third-order valence-electron chi connectivity index (χ3n) is 3.68. The molecule has 0 rings (SSSR count). The molecule has 24 heavy (non-hydrogen) atoms. The molecule has 0 aliphatic carbocycles. The summed E-state index contributed by atoms with van der Waals surface area (Å²) in [6.07, 6.45) is 15.8. The third-order valence-corrected chi connectivity index (χ3v) is 4.06. The zero-order valence-corrected chi connectivity index (χ0v) is 18.2. The summed E-state index contributed by atoms with van der Waals surface area (Å²) < 4.78 is 0. The van der Waals surface area contributed by atoms with Gasteiger partial charge in [0.2, 0.25) is 0 Å². The van der Waals surface area contributed by atoms with E-state index in [-0.39, 0.29) is 15.6 Å². The fourth-order valence-electron chi connectivity index (χ4n) is 2.39. The second-order valence-electron chi connectivity index (χ2n) is 7.81. The van der Waals surface area contributed by atoms with Gasteiger partial charge < -0.3 is 0 Å². The first-order chi connectivity index (χ1) is 11.2. The highest BCUT2D eigenvalue weighted by atomic mass is 32.1. The monoisotopic (exact) mass is 376 g/mol. The molecular weight excluding hydrogens is 336 g/mol. The minimum absolute atomic E-state index is 0.0301. The second-order valence-corrected chi connectivity index (χ2v) is 8.81. The van der Waals surface area contributed by atoms with Crippen molar-refractivity contribution in [1.29, 1.82) is 0 Å². The largest absolute Gasteiger partial charge is 0.288 e. The Balaban J connectivity index is 0. The Kier molecular flexibility index (Phi) is 19.5. The van der Waals surface area contributed by atoms with Gasteiger partial charge in [-0.1, -0.05) is 91.9 Å². The van der Waals surface area contributed by atoms with Gasteiger partial charge in [0, 0.05) is 12.8 Å². The topological polar surface area (TPSA) is 34.1 Å². The number of unbranched alkanes of at least 4 members (excludes halogenated alkanes) is 10. The maximum atomic E-state index is 10.6. The Bertz CT molecular complexity index is 309. The number of hydrogen-bond acceptors (Lipinski definition) is 2. The van der Waals surface area contributed by atoms with Crippen molar-refractivity contribution < 1.29 is 9.59 Å². The molecule has 4 heteroatoms. The highest BCUT2D eigenvalue weighted by molar-refractivity contribution is 7.96. The molecule has 0 aromatic heterocycles. The summed E-state index contributed by atoms with van der Waals surface area (Å²) in [7, 11) is 0. The van der Waals surface area contributed by atoms with E-state index in [1.807, 2.05) is 20.8 Å². The lowest BCUT2D eigenvalue weighted by Gasteiger charge is -2.13. The van der Waals surface area contributed by atoms with Crippen molar-refractivity contribution in [2.24, 2.45) is 5.41 Å². The maximum Gasteiger partial charge on any atom is 0.186 e. The van der Waals surface area contributed by atoms with Gasteiger partial charge >= 0.3 is 0 Å². The molecular formula is C20H40O2S2. The van der Waals surface area contributed by atoms with Crippen LogP contribution in [0.15, 0.2) is 0 Å². The lowest BCUT2D eigenvalue weighted by Crippen LogP contribution is -2.08. The average Bonchev–Trinajstić information content (AvgIpc) is 2.42. The standard InChI is InChI=1S/C14H28OS.C6H12OS/c1-2-3-4-5-6-7-8-9-10-11-12-13-14(15)16;1-6(2,3)4-5(7)8/h2-13H2,1H3,(H,15,16);4H2,1-3H3,(H,7,8). The summed E-state index contributed by atoms with van der Waals surface area (Å²) in [5, 5.41) is 0.00780. The molecule has 0 spiro atoms. The van der Waals surface area contributed by atoms with Crippen molar-refractivity contribution in [1.82, 2.24) is 0 Å². The second kappa shape index (κ2) is 17.8. The predicted octanol–water partition coefficient (Wildman–Crippen LogP) is 7.02. The molecule has 0 amide bonds. The number of rotatable bonds is 13. The summed E-state index contributed by atoms with van der Waals surface area (Å²) in [5.74, 6) is 0. The van der Waals surface area contributed by atoms with Crippen molar-refractivity contribution >= 4 is 35.5 Å². The van der Waals surface area contributed by atoms with Crippen LogP contribution >= 0.6 is 25.3 Å². The van der Waals surface area contributed by atoms with Gasteiger partial charge in [-0.15, -0.1) is 25.3 Å². The van der Waals surface area contributed by atoms with Crippen LogP contribution in [-0.2, 0) is 9.59 Å². The number of hydrogen-bond donors (Lipinski definition) is 2. The first-order valence-corrected chi connectivity index (χ1v) is 10.5. The van der Waals surface area contributed by atoms with Gasteiger partial charge in [-0.05, 0) is 11.8 Å². The Morgan fingerprint density at radius 3 is 1.29 bits per heavy atom. The van der Waals surface area contributed by atoms with E-state index in [0.717, 1.165) is 6.42 Å². The normalized spacial score (nSPS) is 10.9. The van der Waals surface area contributed by atoms with Crippen LogP contribution in [0.1, 0.15) is 111 Å². The van der Waals surface area contributed by atoms with Gasteiger partial charge in [-0.2, -0.15) is 0 Å². The van der Waals surface area contributed by atoms with Crippen LogP contribution in [0.5, 0.6) is 0 Å². The van der Waals surface area contributed by atoms with Gasteiger partial charge in [-0.3, -0.25) is 9.59 Å². The molecule has 144 valence electrons. The average molecular weight is 377 g/mol. The van der Waals surface area contributed by atoms with Gasteiger partial charge in [0.1, 0.15) is 0 Å². The van der Waals surface area contributed by atoms with Crippen molar-refractivity contribution in [2.45, 2.75) is 111 Å². The van der Waals surface area contributed by atoms with E-state index in [1.54, 1.807) is 0 Å². The van der Waals surface area contributed by atoms with Gasteiger partial charge in [-0.25, -0.2) is 0 Å². The number of carbonyl (C=O) groups is 2. The number of thiol groups is 2. The molecule has 0 N–H and O–H groups in total. The van der Waals surface area contributed by atoms with E-state index in [9.17, 15) is 9.59 Å². The van der Waals surface area contributed by atoms with Crippen molar-refractivity contribution in [3.05, 3.63) is 0 Å². The summed E-state index contributed by atoms with van der Waals surface area (Å²) in [6, 6.07) is 0. The van der Waals surface area contributed by atoms with Crippen LogP contribution in [0.2, 0.25) is 0 Å². The highest BCUT2D eigenvalue weighted by Gasteiger charge is 2.12. The Morgan fingerprint density at radius 2 is 1.04 bits per heavy atom. The Labute approximate surface area is 161 Å².